The predicted molar refractivity (Wildman–Crippen MR) is 83.4 cm³/mol. The largest absolute Gasteiger partial charge is 0.351 e. The summed E-state index contributed by atoms with van der Waals surface area (Å²) >= 11 is 3.43. The molecule has 0 radical (unpaired) electrons. The minimum atomic E-state index is 0.0312. The molecule has 1 heterocycles. The number of hydrogen-bond acceptors (Lipinski definition) is 1. The van der Waals surface area contributed by atoms with Gasteiger partial charge in [-0.25, -0.2) is 0 Å². The second-order valence-corrected chi connectivity index (χ2v) is 6.30. The maximum atomic E-state index is 12.1. The first-order valence-corrected chi connectivity index (χ1v) is 7.97. The summed E-state index contributed by atoms with van der Waals surface area (Å²) in [5.74, 6) is 0.775. The molecule has 0 fully saturated rings. The highest BCUT2D eigenvalue weighted by atomic mass is 79.9. The Hall–Kier alpha value is -0.770. The van der Waals surface area contributed by atoms with Gasteiger partial charge < -0.3 is 9.88 Å². The Morgan fingerprint density at radius 1 is 1.42 bits per heavy atom. The van der Waals surface area contributed by atoms with Gasteiger partial charge in [0, 0.05) is 23.8 Å². The third-order valence-electron chi connectivity index (χ3n) is 3.05. The van der Waals surface area contributed by atoms with Crippen molar-refractivity contribution in [1.82, 2.24) is 9.88 Å². The fraction of sp³-hybridized carbons (Fsp3) is 0.667. The van der Waals surface area contributed by atoms with Gasteiger partial charge in [-0.15, -0.1) is 0 Å². The maximum Gasteiger partial charge on any atom is 0.267 e. The Labute approximate surface area is 124 Å². The van der Waals surface area contributed by atoms with Crippen LogP contribution in [0.1, 0.15) is 56.9 Å². The average molecular weight is 329 g/mol. The molecule has 1 amide bonds. The molecule has 1 rings (SSSR count). The number of hydrogen-bond donors (Lipinski definition) is 1. The van der Waals surface area contributed by atoms with Crippen LogP contribution in [0.5, 0.6) is 0 Å². The van der Waals surface area contributed by atoms with Crippen LogP contribution >= 0.6 is 15.9 Å². The van der Waals surface area contributed by atoms with Crippen LogP contribution in [0.2, 0.25) is 0 Å². The van der Waals surface area contributed by atoms with Gasteiger partial charge in [0.1, 0.15) is 5.69 Å². The van der Waals surface area contributed by atoms with Gasteiger partial charge in [0.2, 0.25) is 0 Å². The van der Waals surface area contributed by atoms with E-state index >= 15 is 0 Å². The van der Waals surface area contributed by atoms with Crippen LogP contribution in [-0.2, 0) is 6.54 Å². The molecule has 0 unspecified atom stereocenters. The molecule has 0 aromatic carbocycles. The lowest BCUT2D eigenvalue weighted by atomic mass is 10.1. The lowest BCUT2D eigenvalue weighted by molar-refractivity contribution is 0.0943. The minimum Gasteiger partial charge on any atom is -0.351 e. The number of nitrogens with zero attached hydrogens (tertiary/aromatic N) is 1. The Balaban J connectivity index is 2.40. The molecule has 0 aliphatic rings. The fourth-order valence-electron chi connectivity index (χ4n) is 2.06. The van der Waals surface area contributed by atoms with Gasteiger partial charge in [0.25, 0.3) is 5.91 Å². The Morgan fingerprint density at radius 3 is 2.79 bits per heavy atom. The number of aryl methyl sites for hydroxylation is 1. The normalized spacial score (nSPS) is 11.0. The van der Waals surface area contributed by atoms with Crippen molar-refractivity contribution in [3.63, 3.8) is 0 Å². The molecule has 0 aliphatic carbocycles. The average Bonchev–Trinajstić information content (AvgIpc) is 2.70. The van der Waals surface area contributed by atoms with Gasteiger partial charge in [-0.3, -0.25) is 4.79 Å². The molecule has 3 nitrogen and oxygen atoms in total. The number of aromatic nitrogens is 1. The molecular weight excluding hydrogens is 304 g/mol. The molecular formula is C15H25BrN2O. The highest BCUT2D eigenvalue weighted by Crippen LogP contribution is 2.15. The Morgan fingerprint density at radius 2 is 2.16 bits per heavy atom. The first-order chi connectivity index (χ1) is 9.04. The van der Waals surface area contributed by atoms with Crippen molar-refractivity contribution >= 4 is 21.8 Å². The molecule has 19 heavy (non-hydrogen) atoms. The molecule has 0 aliphatic heterocycles. The zero-order valence-electron chi connectivity index (χ0n) is 12.2. The van der Waals surface area contributed by atoms with Gasteiger partial charge in [0.15, 0.2) is 0 Å². The van der Waals surface area contributed by atoms with Crippen molar-refractivity contribution in [3.05, 3.63) is 22.4 Å². The Kier molecular flexibility index (Phi) is 7.21. The quantitative estimate of drug-likeness (QED) is 0.712. The number of carbonyl (C=O) groups excluding carboxylic acids is 1. The van der Waals surface area contributed by atoms with Crippen LogP contribution in [0, 0.1) is 5.92 Å². The van der Waals surface area contributed by atoms with Crippen LogP contribution in [0.3, 0.4) is 0 Å². The lowest BCUT2D eigenvalue weighted by Crippen LogP contribution is -2.26. The zero-order valence-corrected chi connectivity index (χ0v) is 13.8. The summed E-state index contributed by atoms with van der Waals surface area (Å²) < 4.78 is 2.97. The summed E-state index contributed by atoms with van der Waals surface area (Å²) in [6.45, 7) is 8.21. The molecule has 0 saturated carbocycles. The van der Waals surface area contributed by atoms with Crippen molar-refractivity contribution in [2.75, 3.05) is 6.54 Å². The van der Waals surface area contributed by atoms with E-state index in [1.54, 1.807) is 0 Å². The van der Waals surface area contributed by atoms with E-state index in [0.717, 1.165) is 42.0 Å². The highest BCUT2D eigenvalue weighted by molar-refractivity contribution is 9.10. The monoisotopic (exact) mass is 328 g/mol. The first-order valence-electron chi connectivity index (χ1n) is 7.18. The number of nitrogens with one attached hydrogen (secondary N) is 1. The molecule has 1 N–H and O–H groups in total. The number of amides is 1. The highest BCUT2D eigenvalue weighted by Gasteiger charge is 2.11. The van der Waals surface area contributed by atoms with Crippen LogP contribution in [0.4, 0.5) is 0 Å². The summed E-state index contributed by atoms with van der Waals surface area (Å²) in [7, 11) is 0. The lowest BCUT2D eigenvalue weighted by Gasteiger charge is -2.09. The third-order valence-corrected chi connectivity index (χ3v) is 3.49. The van der Waals surface area contributed by atoms with E-state index in [9.17, 15) is 4.79 Å². The predicted octanol–water partition coefficient (Wildman–Crippen LogP) is 4.22. The smallest absolute Gasteiger partial charge is 0.267 e. The molecule has 0 spiro atoms. The van der Waals surface area contributed by atoms with Crippen LogP contribution in [0.15, 0.2) is 16.7 Å². The van der Waals surface area contributed by atoms with Gasteiger partial charge in [-0.1, -0.05) is 33.6 Å². The molecule has 0 saturated heterocycles. The van der Waals surface area contributed by atoms with Crippen LogP contribution in [0.25, 0.3) is 0 Å². The summed E-state index contributed by atoms with van der Waals surface area (Å²) in [5.41, 5.74) is 0.748. The summed E-state index contributed by atoms with van der Waals surface area (Å²) in [6.07, 6.45) is 6.46. The molecule has 1 aromatic heterocycles. The maximum absolute atomic E-state index is 12.1. The van der Waals surface area contributed by atoms with Crippen molar-refractivity contribution < 1.29 is 4.79 Å². The van der Waals surface area contributed by atoms with Gasteiger partial charge in [-0.05, 0) is 40.8 Å². The Bertz CT molecular complexity index is 399. The molecule has 4 heteroatoms. The van der Waals surface area contributed by atoms with Gasteiger partial charge in [-0.2, -0.15) is 0 Å². The van der Waals surface area contributed by atoms with E-state index in [1.807, 2.05) is 16.8 Å². The van der Waals surface area contributed by atoms with E-state index in [1.165, 1.54) is 12.8 Å². The second kappa shape index (κ2) is 8.41. The number of halogens is 1. The zero-order chi connectivity index (χ0) is 14.3. The van der Waals surface area contributed by atoms with Gasteiger partial charge in [0.05, 0.1) is 0 Å². The number of rotatable bonds is 8. The molecule has 0 atom stereocenters. The van der Waals surface area contributed by atoms with Crippen LogP contribution in [-0.4, -0.2) is 17.0 Å². The van der Waals surface area contributed by atoms with E-state index in [2.05, 4.69) is 42.0 Å². The summed E-state index contributed by atoms with van der Waals surface area (Å²) in [4.78, 5) is 12.1. The molecule has 0 bridgehead atoms. The van der Waals surface area contributed by atoms with Crippen molar-refractivity contribution in [1.29, 1.82) is 0 Å². The SMILES string of the molecule is CCCn1cc(Br)cc1C(=O)NCCCCC(C)C. The van der Waals surface area contributed by atoms with Crippen LogP contribution < -0.4 is 5.32 Å². The van der Waals surface area contributed by atoms with E-state index in [-0.39, 0.29) is 5.91 Å². The number of unbranched alkanes of at least 4 members (excludes halogenated alkanes) is 1. The third kappa shape index (κ3) is 5.81. The number of carbonyl (C=O) groups is 1. The van der Waals surface area contributed by atoms with E-state index in [4.69, 9.17) is 0 Å². The van der Waals surface area contributed by atoms with E-state index < -0.39 is 0 Å². The molecule has 108 valence electrons. The van der Waals surface area contributed by atoms with Crippen molar-refractivity contribution in [2.45, 2.75) is 53.0 Å². The van der Waals surface area contributed by atoms with E-state index in [0.29, 0.717) is 0 Å². The van der Waals surface area contributed by atoms with Crippen molar-refractivity contribution in [2.24, 2.45) is 5.92 Å². The topological polar surface area (TPSA) is 34.0 Å². The fourth-order valence-corrected chi connectivity index (χ4v) is 2.53. The standard InChI is InChI=1S/C15H25BrN2O/c1-4-9-18-11-13(16)10-14(18)15(19)17-8-6-5-7-12(2)3/h10-12H,4-9H2,1-3H3,(H,17,19). The minimum absolute atomic E-state index is 0.0312. The second-order valence-electron chi connectivity index (χ2n) is 5.38. The first kappa shape index (κ1) is 16.3. The molecule has 1 aromatic rings. The van der Waals surface area contributed by atoms with Gasteiger partial charge >= 0.3 is 0 Å². The van der Waals surface area contributed by atoms with Crippen molar-refractivity contribution in [3.8, 4) is 0 Å². The summed E-state index contributed by atoms with van der Waals surface area (Å²) in [5, 5.41) is 3.00. The summed E-state index contributed by atoms with van der Waals surface area (Å²) in [6, 6.07) is 1.89.